The SMILES string of the molecule is COC(=O)c1ccc(CSc2nnc(-c3ccccc3Cl)n2-c2ccc(C)cc2)o1. The van der Waals surface area contributed by atoms with E-state index in [1.807, 2.05) is 60.0 Å². The number of methoxy groups -OCH3 is 1. The van der Waals surface area contributed by atoms with Gasteiger partial charge in [-0.1, -0.05) is 53.2 Å². The molecular weight excluding hydrogens is 422 g/mol. The van der Waals surface area contributed by atoms with Crippen LogP contribution in [0.4, 0.5) is 0 Å². The predicted octanol–water partition coefficient (Wildman–Crippen LogP) is 5.57. The monoisotopic (exact) mass is 439 g/mol. The van der Waals surface area contributed by atoms with E-state index in [9.17, 15) is 4.79 Å². The summed E-state index contributed by atoms with van der Waals surface area (Å²) >= 11 is 7.88. The van der Waals surface area contributed by atoms with Crippen molar-refractivity contribution in [2.75, 3.05) is 7.11 Å². The van der Waals surface area contributed by atoms with Gasteiger partial charge < -0.3 is 9.15 Å². The molecule has 2 heterocycles. The molecule has 2 aromatic heterocycles. The van der Waals surface area contributed by atoms with Gasteiger partial charge in [0.2, 0.25) is 5.76 Å². The maximum atomic E-state index is 11.6. The highest BCUT2D eigenvalue weighted by atomic mass is 35.5. The molecule has 6 nitrogen and oxygen atoms in total. The van der Waals surface area contributed by atoms with Gasteiger partial charge in [0, 0.05) is 11.3 Å². The largest absolute Gasteiger partial charge is 0.463 e. The fraction of sp³-hybridized carbons (Fsp3) is 0.136. The topological polar surface area (TPSA) is 70.2 Å². The molecule has 0 N–H and O–H groups in total. The molecule has 0 aliphatic rings. The van der Waals surface area contributed by atoms with Gasteiger partial charge in [-0.05, 0) is 43.3 Å². The second kappa shape index (κ2) is 8.77. The van der Waals surface area contributed by atoms with Crippen LogP contribution in [0.1, 0.15) is 21.9 Å². The van der Waals surface area contributed by atoms with Crippen molar-refractivity contribution in [3.8, 4) is 17.1 Å². The molecule has 2 aromatic carbocycles. The van der Waals surface area contributed by atoms with E-state index in [1.165, 1.54) is 18.9 Å². The van der Waals surface area contributed by atoms with Crippen molar-refractivity contribution >= 4 is 29.3 Å². The highest BCUT2D eigenvalue weighted by Crippen LogP contribution is 2.33. The molecule has 0 aliphatic carbocycles. The Morgan fingerprint density at radius 3 is 2.60 bits per heavy atom. The molecule has 0 saturated heterocycles. The number of rotatable bonds is 6. The van der Waals surface area contributed by atoms with Gasteiger partial charge in [-0.15, -0.1) is 10.2 Å². The number of esters is 1. The molecule has 4 rings (SSSR count). The fourth-order valence-electron chi connectivity index (χ4n) is 2.91. The van der Waals surface area contributed by atoms with Crippen LogP contribution in [0.15, 0.2) is 70.2 Å². The van der Waals surface area contributed by atoms with E-state index < -0.39 is 5.97 Å². The number of furan rings is 1. The Morgan fingerprint density at radius 1 is 1.10 bits per heavy atom. The van der Waals surface area contributed by atoms with Gasteiger partial charge in [0.1, 0.15) is 5.76 Å². The first-order valence-electron chi connectivity index (χ1n) is 9.14. The molecule has 0 fully saturated rings. The number of carbonyl (C=O) groups excluding carboxylic acids is 1. The highest BCUT2D eigenvalue weighted by Gasteiger charge is 2.19. The summed E-state index contributed by atoms with van der Waals surface area (Å²) in [4.78, 5) is 11.6. The van der Waals surface area contributed by atoms with E-state index in [0.717, 1.165) is 16.8 Å². The standard InChI is InChI=1S/C22H18ClN3O3S/c1-14-7-9-15(10-8-14)26-20(17-5-3-4-6-18(17)23)24-25-22(26)30-13-16-11-12-19(29-16)21(27)28-2/h3-12H,13H2,1-2H3. The molecule has 0 radical (unpaired) electrons. The molecular formula is C22H18ClN3O3S. The molecule has 0 atom stereocenters. The highest BCUT2D eigenvalue weighted by molar-refractivity contribution is 7.98. The molecule has 0 amide bonds. The summed E-state index contributed by atoms with van der Waals surface area (Å²) in [6.07, 6.45) is 0. The lowest BCUT2D eigenvalue weighted by Gasteiger charge is -2.11. The molecule has 0 spiro atoms. The Morgan fingerprint density at radius 2 is 1.87 bits per heavy atom. The van der Waals surface area contributed by atoms with Gasteiger partial charge in [-0.2, -0.15) is 0 Å². The lowest BCUT2D eigenvalue weighted by Crippen LogP contribution is -2.00. The molecule has 4 aromatic rings. The van der Waals surface area contributed by atoms with E-state index in [2.05, 4.69) is 14.9 Å². The van der Waals surface area contributed by atoms with E-state index in [-0.39, 0.29) is 5.76 Å². The average Bonchev–Trinajstić information content (AvgIpc) is 3.40. The quantitative estimate of drug-likeness (QED) is 0.289. The number of thioether (sulfide) groups is 1. The molecule has 152 valence electrons. The third kappa shape index (κ3) is 4.13. The molecule has 8 heteroatoms. The van der Waals surface area contributed by atoms with Crippen LogP contribution in [0.25, 0.3) is 17.1 Å². The molecule has 0 bridgehead atoms. The van der Waals surface area contributed by atoms with E-state index >= 15 is 0 Å². The van der Waals surface area contributed by atoms with Gasteiger partial charge in [-0.25, -0.2) is 4.79 Å². The van der Waals surface area contributed by atoms with Crippen LogP contribution in [0.2, 0.25) is 5.02 Å². The Bertz CT molecular complexity index is 1180. The van der Waals surface area contributed by atoms with Gasteiger partial charge in [0.05, 0.1) is 17.9 Å². The maximum absolute atomic E-state index is 11.6. The van der Waals surface area contributed by atoms with Gasteiger partial charge in [-0.3, -0.25) is 4.57 Å². The second-order valence-corrected chi connectivity index (χ2v) is 7.85. The summed E-state index contributed by atoms with van der Waals surface area (Å²) in [5, 5.41) is 10.1. The number of aryl methyl sites for hydroxylation is 1. The first kappa shape index (κ1) is 20.3. The summed E-state index contributed by atoms with van der Waals surface area (Å²) in [5.41, 5.74) is 2.88. The number of ether oxygens (including phenoxy) is 1. The minimum Gasteiger partial charge on any atom is -0.463 e. The lowest BCUT2D eigenvalue weighted by atomic mass is 10.2. The Hall–Kier alpha value is -3.03. The van der Waals surface area contributed by atoms with Crippen LogP contribution in [0, 0.1) is 6.92 Å². The average molecular weight is 440 g/mol. The molecule has 0 aliphatic heterocycles. The van der Waals surface area contributed by atoms with E-state index in [1.54, 1.807) is 12.1 Å². The lowest BCUT2D eigenvalue weighted by molar-refractivity contribution is 0.0563. The molecule has 30 heavy (non-hydrogen) atoms. The predicted molar refractivity (Wildman–Crippen MR) is 116 cm³/mol. The van der Waals surface area contributed by atoms with Crippen LogP contribution in [0.3, 0.4) is 0 Å². The Kier molecular flexibility index (Phi) is 5.92. The minimum absolute atomic E-state index is 0.171. The Labute approximate surface area is 182 Å². The first-order valence-corrected chi connectivity index (χ1v) is 10.5. The van der Waals surface area contributed by atoms with Crippen LogP contribution in [-0.4, -0.2) is 27.8 Å². The molecule has 0 unspecified atom stereocenters. The number of benzene rings is 2. The minimum atomic E-state index is -0.505. The fourth-order valence-corrected chi connectivity index (χ4v) is 3.97. The number of aromatic nitrogens is 3. The normalized spacial score (nSPS) is 10.9. The van der Waals surface area contributed by atoms with Gasteiger partial charge in [0.25, 0.3) is 0 Å². The summed E-state index contributed by atoms with van der Waals surface area (Å²) in [5.74, 6) is 1.43. The molecule has 0 saturated carbocycles. The van der Waals surface area contributed by atoms with Crippen LogP contribution in [0.5, 0.6) is 0 Å². The zero-order valence-corrected chi connectivity index (χ0v) is 17.9. The number of halogens is 1. The van der Waals surface area contributed by atoms with Crippen molar-refractivity contribution in [3.63, 3.8) is 0 Å². The van der Waals surface area contributed by atoms with Crippen LogP contribution >= 0.6 is 23.4 Å². The number of hydrogen-bond acceptors (Lipinski definition) is 6. The van der Waals surface area contributed by atoms with Gasteiger partial charge in [0.15, 0.2) is 11.0 Å². The zero-order valence-electron chi connectivity index (χ0n) is 16.3. The van der Waals surface area contributed by atoms with E-state index in [4.69, 9.17) is 16.0 Å². The van der Waals surface area contributed by atoms with Crippen molar-refractivity contribution in [1.82, 2.24) is 14.8 Å². The third-order valence-corrected chi connectivity index (χ3v) is 5.71. The summed E-state index contributed by atoms with van der Waals surface area (Å²) in [6, 6.07) is 19.0. The summed E-state index contributed by atoms with van der Waals surface area (Å²) in [7, 11) is 1.32. The van der Waals surface area contributed by atoms with Crippen molar-refractivity contribution < 1.29 is 13.9 Å². The number of carbonyl (C=O) groups is 1. The summed E-state index contributed by atoms with van der Waals surface area (Å²) in [6.45, 7) is 2.04. The Balaban J connectivity index is 1.69. The summed E-state index contributed by atoms with van der Waals surface area (Å²) < 4.78 is 12.2. The maximum Gasteiger partial charge on any atom is 0.373 e. The zero-order chi connectivity index (χ0) is 21.1. The van der Waals surface area contributed by atoms with Crippen LogP contribution < -0.4 is 0 Å². The first-order chi connectivity index (χ1) is 14.6. The van der Waals surface area contributed by atoms with Crippen molar-refractivity contribution in [3.05, 3.63) is 82.8 Å². The smallest absolute Gasteiger partial charge is 0.373 e. The van der Waals surface area contributed by atoms with Crippen molar-refractivity contribution in [2.24, 2.45) is 0 Å². The third-order valence-electron chi connectivity index (χ3n) is 4.43. The number of nitrogens with zero attached hydrogens (tertiary/aromatic N) is 3. The van der Waals surface area contributed by atoms with Crippen molar-refractivity contribution in [2.45, 2.75) is 17.8 Å². The van der Waals surface area contributed by atoms with Gasteiger partial charge >= 0.3 is 5.97 Å². The van der Waals surface area contributed by atoms with Crippen LogP contribution in [-0.2, 0) is 10.5 Å². The number of hydrogen-bond donors (Lipinski definition) is 0. The second-order valence-electron chi connectivity index (χ2n) is 6.50. The van der Waals surface area contributed by atoms with Crippen molar-refractivity contribution in [1.29, 1.82) is 0 Å². The van der Waals surface area contributed by atoms with E-state index in [0.29, 0.717) is 27.5 Å².